The minimum atomic E-state index is -1.05. The Morgan fingerprint density at radius 3 is 2.18 bits per heavy atom. The number of carbonyl (C=O) groups is 4. The van der Waals surface area contributed by atoms with E-state index in [2.05, 4.69) is 18.7 Å². The second kappa shape index (κ2) is 14.4. The first-order chi connectivity index (χ1) is 23.2. The number of piperidine rings is 2. The Hall–Kier alpha value is -3.25. The summed E-state index contributed by atoms with van der Waals surface area (Å²) in [6.45, 7) is 18.1. The van der Waals surface area contributed by atoms with Gasteiger partial charge in [0.1, 0.15) is 23.1 Å². The molecular weight excluding hydrogens is 643 g/mol. The van der Waals surface area contributed by atoms with E-state index in [1.807, 2.05) is 20.8 Å². The predicted molar refractivity (Wildman–Crippen MR) is 186 cm³/mol. The Kier molecular flexibility index (Phi) is 10.9. The van der Waals surface area contributed by atoms with Crippen LogP contribution in [0.1, 0.15) is 128 Å². The molecule has 1 saturated carbocycles. The van der Waals surface area contributed by atoms with Crippen molar-refractivity contribution in [2.45, 2.75) is 148 Å². The number of rotatable bonds is 9. The highest BCUT2D eigenvalue weighted by Crippen LogP contribution is 2.47. The van der Waals surface area contributed by atoms with Crippen molar-refractivity contribution in [3.63, 3.8) is 0 Å². The van der Waals surface area contributed by atoms with Crippen LogP contribution in [-0.4, -0.2) is 100 Å². The number of amides is 3. The number of carbonyl (C=O) groups excluding carboxylic acids is 4. The van der Waals surface area contributed by atoms with E-state index >= 15 is 4.39 Å². The smallest absolute Gasteiger partial charge is 0.410 e. The van der Waals surface area contributed by atoms with Gasteiger partial charge < -0.3 is 29.7 Å². The maximum atomic E-state index is 16.3. The number of primary amides is 1. The number of ether oxygens (including phenoxy) is 3. The zero-order chi connectivity index (χ0) is 36.8. The quantitative estimate of drug-likeness (QED) is 0.334. The summed E-state index contributed by atoms with van der Waals surface area (Å²) in [5.74, 6) is -2.12. The summed E-state index contributed by atoms with van der Waals surface area (Å²) in [4.78, 5) is 56.1. The summed E-state index contributed by atoms with van der Waals surface area (Å²) in [6, 6.07) is 2.78. The van der Waals surface area contributed by atoms with Crippen LogP contribution in [0.5, 0.6) is 0 Å². The number of hydrogen-bond acceptors (Lipinski definition) is 8. The lowest BCUT2D eigenvalue weighted by Crippen LogP contribution is -2.55. The van der Waals surface area contributed by atoms with Crippen LogP contribution in [0.15, 0.2) is 12.1 Å². The number of halogens is 1. The van der Waals surface area contributed by atoms with Crippen molar-refractivity contribution in [1.29, 1.82) is 0 Å². The lowest BCUT2D eigenvalue weighted by Gasteiger charge is -2.51. The molecular formula is C38H57FN4O7. The largest absolute Gasteiger partial charge is 0.460 e. The molecule has 12 heteroatoms. The fraction of sp³-hybridized carbons (Fsp3) is 0.737. The normalized spacial score (nSPS) is 25.1. The number of nitrogens with zero attached hydrogens (tertiary/aromatic N) is 3. The van der Waals surface area contributed by atoms with E-state index in [4.69, 9.17) is 19.9 Å². The molecule has 4 aliphatic rings. The second-order valence-corrected chi connectivity index (χ2v) is 17.3. The Morgan fingerprint density at radius 1 is 0.960 bits per heavy atom. The van der Waals surface area contributed by atoms with Crippen molar-refractivity contribution in [3.8, 4) is 0 Å². The molecule has 0 radical (unpaired) electrons. The zero-order valence-corrected chi connectivity index (χ0v) is 31.2. The maximum Gasteiger partial charge on any atom is 0.410 e. The topological polar surface area (TPSA) is 132 Å². The Labute approximate surface area is 296 Å². The minimum absolute atomic E-state index is 0.00433. The number of fused-ring (bicyclic) bond motifs is 1. The van der Waals surface area contributed by atoms with Crippen molar-refractivity contribution in [1.82, 2.24) is 14.7 Å². The summed E-state index contributed by atoms with van der Waals surface area (Å²) in [7, 11) is 0. The van der Waals surface area contributed by atoms with E-state index in [1.54, 1.807) is 37.8 Å². The van der Waals surface area contributed by atoms with Gasteiger partial charge in [-0.2, -0.15) is 0 Å². The number of hydrogen-bond donors (Lipinski definition) is 1. The molecule has 0 spiro atoms. The first kappa shape index (κ1) is 38.0. The molecule has 3 heterocycles. The van der Waals surface area contributed by atoms with Gasteiger partial charge in [0.25, 0.3) is 5.91 Å². The Bertz CT molecular complexity index is 1450. The van der Waals surface area contributed by atoms with Crippen molar-refractivity contribution in [2.24, 2.45) is 11.1 Å². The molecule has 3 aliphatic heterocycles. The average Bonchev–Trinajstić information content (AvgIpc) is 3.30. The third kappa shape index (κ3) is 8.78. The molecule has 3 fully saturated rings. The molecule has 1 aromatic rings. The van der Waals surface area contributed by atoms with Crippen LogP contribution in [0.2, 0.25) is 0 Å². The average molecular weight is 701 g/mol. The number of benzene rings is 1. The van der Waals surface area contributed by atoms with E-state index < -0.39 is 40.8 Å². The van der Waals surface area contributed by atoms with Crippen LogP contribution >= 0.6 is 0 Å². The lowest BCUT2D eigenvalue weighted by molar-refractivity contribution is -0.155. The molecule has 1 aliphatic carbocycles. The van der Waals surface area contributed by atoms with Gasteiger partial charge in [0.15, 0.2) is 0 Å². The van der Waals surface area contributed by atoms with E-state index in [9.17, 15) is 19.2 Å². The van der Waals surface area contributed by atoms with Gasteiger partial charge in [-0.1, -0.05) is 19.9 Å². The second-order valence-electron chi connectivity index (χ2n) is 17.3. The summed E-state index contributed by atoms with van der Waals surface area (Å²) in [5.41, 5.74) is 5.39. The molecule has 278 valence electrons. The Morgan fingerprint density at radius 2 is 1.60 bits per heavy atom. The molecule has 1 unspecified atom stereocenters. The molecule has 0 bridgehead atoms. The highest BCUT2D eigenvalue weighted by atomic mass is 19.1. The monoisotopic (exact) mass is 700 g/mol. The van der Waals surface area contributed by atoms with Crippen LogP contribution in [0, 0.1) is 11.2 Å². The minimum Gasteiger partial charge on any atom is -0.460 e. The molecule has 3 amide bonds. The van der Waals surface area contributed by atoms with E-state index in [-0.39, 0.29) is 60.1 Å². The molecule has 2 saturated heterocycles. The SMILES string of the molecule is CC(C)(C)OC(=O)CC[C@@H](C(N)=O)N1Cc2c(ccc(C3CCN([C@H]4C[C@H](OC5CCN(C(=O)OC(C)(C)C)CC5)C4)CC3(C)C)c2F)C1=O. The standard InChI is InChI=1S/C38H57FN4O7/c1-36(2,3)49-31(44)12-11-30(33(40)45)43-21-28-26(34(43)46)9-10-27(32(28)39)29-15-18-42(22-38(29,7)8)23-19-25(20-23)48-24-13-16-41(17-14-24)35(47)50-37(4,5)6/h9-10,23-25,29-30H,11-22H2,1-8H3,(H2,40,45)/t23-,25-,29?,30-/m0/s1. The molecule has 2 N–H and O–H groups in total. The molecule has 2 atom stereocenters. The lowest BCUT2D eigenvalue weighted by atomic mass is 9.69. The van der Waals surface area contributed by atoms with Crippen molar-refractivity contribution in [3.05, 3.63) is 34.6 Å². The van der Waals surface area contributed by atoms with Crippen LogP contribution in [0.4, 0.5) is 9.18 Å². The number of likely N-dealkylation sites (tertiary alicyclic amines) is 2. The van der Waals surface area contributed by atoms with E-state index in [1.165, 1.54) is 4.90 Å². The molecule has 5 rings (SSSR count). The van der Waals surface area contributed by atoms with Crippen molar-refractivity contribution < 1.29 is 37.8 Å². The third-order valence-electron chi connectivity index (χ3n) is 10.5. The first-order valence-electron chi connectivity index (χ1n) is 18.2. The number of nitrogens with two attached hydrogens (primary N) is 1. The summed E-state index contributed by atoms with van der Waals surface area (Å²) in [6.07, 6.45) is 4.35. The van der Waals surface area contributed by atoms with Crippen LogP contribution in [0.25, 0.3) is 0 Å². The summed E-state index contributed by atoms with van der Waals surface area (Å²) >= 11 is 0. The predicted octanol–water partition coefficient (Wildman–Crippen LogP) is 5.52. The van der Waals surface area contributed by atoms with Crippen LogP contribution in [-0.2, 0) is 30.3 Å². The van der Waals surface area contributed by atoms with Crippen LogP contribution < -0.4 is 5.73 Å². The van der Waals surface area contributed by atoms with E-state index in [0.29, 0.717) is 24.7 Å². The maximum absolute atomic E-state index is 16.3. The summed E-state index contributed by atoms with van der Waals surface area (Å²) < 4.78 is 33.6. The van der Waals surface area contributed by atoms with E-state index in [0.717, 1.165) is 45.2 Å². The molecule has 11 nitrogen and oxygen atoms in total. The molecule has 50 heavy (non-hydrogen) atoms. The van der Waals surface area contributed by atoms with Gasteiger partial charge in [0.05, 0.1) is 18.8 Å². The van der Waals surface area contributed by atoms with Gasteiger partial charge in [-0.05, 0) is 110 Å². The fourth-order valence-corrected chi connectivity index (χ4v) is 8.02. The van der Waals surface area contributed by atoms with Gasteiger partial charge in [0.2, 0.25) is 5.91 Å². The van der Waals surface area contributed by atoms with Crippen molar-refractivity contribution >= 4 is 23.9 Å². The van der Waals surface area contributed by atoms with Gasteiger partial charge in [-0.25, -0.2) is 9.18 Å². The molecule has 1 aromatic carbocycles. The third-order valence-corrected chi connectivity index (χ3v) is 10.5. The first-order valence-corrected chi connectivity index (χ1v) is 18.2. The van der Waals surface area contributed by atoms with Gasteiger partial charge in [0, 0.05) is 43.2 Å². The van der Waals surface area contributed by atoms with Gasteiger partial charge in [-0.3, -0.25) is 19.3 Å². The summed E-state index contributed by atoms with van der Waals surface area (Å²) in [5, 5.41) is 0. The van der Waals surface area contributed by atoms with Gasteiger partial charge >= 0.3 is 12.1 Å². The zero-order valence-electron chi connectivity index (χ0n) is 31.2. The van der Waals surface area contributed by atoms with Gasteiger partial charge in [-0.15, -0.1) is 0 Å². The van der Waals surface area contributed by atoms with Crippen LogP contribution in [0.3, 0.4) is 0 Å². The highest BCUT2D eigenvalue weighted by Gasteiger charge is 2.45. The number of esters is 1. The molecule has 0 aromatic heterocycles. The van der Waals surface area contributed by atoms with Crippen molar-refractivity contribution in [2.75, 3.05) is 26.2 Å². The highest BCUT2D eigenvalue weighted by molar-refractivity contribution is 6.01. The Balaban J connectivity index is 1.14. The fourth-order valence-electron chi connectivity index (χ4n) is 8.02.